The summed E-state index contributed by atoms with van der Waals surface area (Å²) in [5, 5.41) is 2.33. The van der Waals surface area contributed by atoms with Gasteiger partial charge in [-0.1, -0.05) is 0 Å². The Morgan fingerprint density at radius 3 is 2.57 bits per heavy atom. The Kier molecular flexibility index (Phi) is 3.10. The molecule has 0 aliphatic carbocycles. The molecule has 0 saturated carbocycles. The van der Waals surface area contributed by atoms with Crippen molar-refractivity contribution in [2.24, 2.45) is 0 Å². The van der Waals surface area contributed by atoms with Crippen LogP contribution in [-0.2, 0) is 9.84 Å². The van der Waals surface area contributed by atoms with Crippen molar-refractivity contribution in [2.75, 3.05) is 12.4 Å². The van der Waals surface area contributed by atoms with Crippen LogP contribution in [0.4, 0.5) is 5.82 Å². The lowest BCUT2D eigenvalue weighted by Gasteiger charge is -2.10. The van der Waals surface area contributed by atoms with Gasteiger partial charge in [0.05, 0.1) is 5.25 Å². The van der Waals surface area contributed by atoms with Crippen LogP contribution in [0.5, 0.6) is 0 Å². The number of aromatic nitrogens is 1. The highest BCUT2D eigenvalue weighted by Crippen LogP contribution is 2.21. The van der Waals surface area contributed by atoms with Crippen LogP contribution in [0.15, 0.2) is 23.2 Å². The van der Waals surface area contributed by atoms with E-state index < -0.39 is 15.1 Å². The topological polar surface area (TPSA) is 59.1 Å². The summed E-state index contributed by atoms with van der Waals surface area (Å²) in [6.45, 7) is 3.31. The van der Waals surface area contributed by atoms with Gasteiger partial charge in [0.25, 0.3) is 0 Å². The van der Waals surface area contributed by atoms with Crippen LogP contribution in [0.3, 0.4) is 0 Å². The molecule has 0 aromatic carbocycles. The monoisotopic (exact) mass is 214 g/mol. The Hall–Kier alpha value is -1.10. The van der Waals surface area contributed by atoms with E-state index in [-0.39, 0.29) is 4.90 Å². The van der Waals surface area contributed by atoms with E-state index in [9.17, 15) is 8.42 Å². The number of hydrogen-bond acceptors (Lipinski definition) is 4. The molecule has 0 atom stereocenters. The van der Waals surface area contributed by atoms with E-state index in [4.69, 9.17) is 0 Å². The van der Waals surface area contributed by atoms with Gasteiger partial charge in [-0.05, 0) is 26.0 Å². The smallest absolute Gasteiger partial charge is 0.184 e. The van der Waals surface area contributed by atoms with Crippen LogP contribution >= 0.6 is 0 Å². The van der Waals surface area contributed by atoms with E-state index in [1.807, 2.05) is 0 Å². The van der Waals surface area contributed by atoms with Crippen LogP contribution in [0.2, 0.25) is 0 Å². The molecule has 14 heavy (non-hydrogen) atoms. The summed E-state index contributed by atoms with van der Waals surface area (Å²) < 4.78 is 23.7. The van der Waals surface area contributed by atoms with Gasteiger partial charge >= 0.3 is 0 Å². The van der Waals surface area contributed by atoms with Gasteiger partial charge in [0.1, 0.15) is 10.7 Å². The van der Waals surface area contributed by atoms with Crippen LogP contribution in [-0.4, -0.2) is 25.7 Å². The maximum Gasteiger partial charge on any atom is 0.184 e. The highest BCUT2D eigenvalue weighted by atomic mass is 32.2. The number of sulfone groups is 1. The van der Waals surface area contributed by atoms with Crippen LogP contribution in [0.1, 0.15) is 13.8 Å². The molecule has 1 aromatic heterocycles. The molecular weight excluding hydrogens is 200 g/mol. The number of hydrogen-bond donors (Lipinski definition) is 1. The number of anilines is 1. The average Bonchev–Trinajstić information content (AvgIpc) is 2.17. The zero-order valence-corrected chi connectivity index (χ0v) is 9.30. The molecule has 0 aliphatic heterocycles. The highest BCUT2D eigenvalue weighted by Gasteiger charge is 2.22. The van der Waals surface area contributed by atoms with Gasteiger partial charge in [-0.2, -0.15) is 0 Å². The molecule has 0 spiro atoms. The predicted molar refractivity (Wildman–Crippen MR) is 56.1 cm³/mol. The maximum atomic E-state index is 11.8. The van der Waals surface area contributed by atoms with E-state index >= 15 is 0 Å². The second-order valence-electron chi connectivity index (χ2n) is 3.19. The fraction of sp³-hybridized carbons (Fsp3) is 0.444. The van der Waals surface area contributed by atoms with E-state index in [1.165, 1.54) is 0 Å². The van der Waals surface area contributed by atoms with Gasteiger partial charge in [-0.25, -0.2) is 13.4 Å². The summed E-state index contributed by atoms with van der Waals surface area (Å²) in [6.07, 6.45) is 1.56. The molecule has 1 heterocycles. The van der Waals surface area contributed by atoms with Gasteiger partial charge in [-0.15, -0.1) is 0 Å². The fourth-order valence-electron chi connectivity index (χ4n) is 1.06. The van der Waals surface area contributed by atoms with Crippen LogP contribution < -0.4 is 5.32 Å². The Morgan fingerprint density at radius 1 is 1.43 bits per heavy atom. The quantitative estimate of drug-likeness (QED) is 0.824. The Bertz CT molecular complexity index is 413. The Labute approximate surface area is 84.3 Å². The summed E-state index contributed by atoms with van der Waals surface area (Å²) in [5.41, 5.74) is 0. The standard InChI is InChI=1S/C9H14N2O2S/c1-7(2)14(12,13)8-5-4-6-11-9(8)10-3/h4-7H,1-3H3,(H,10,11). The van der Waals surface area contributed by atoms with Crippen molar-refractivity contribution in [1.29, 1.82) is 0 Å². The van der Waals surface area contributed by atoms with Crippen LogP contribution in [0.25, 0.3) is 0 Å². The summed E-state index contributed by atoms with van der Waals surface area (Å²) in [4.78, 5) is 4.22. The molecule has 5 heteroatoms. The van der Waals surface area contributed by atoms with E-state index in [1.54, 1.807) is 39.2 Å². The minimum atomic E-state index is -3.24. The first-order valence-electron chi connectivity index (χ1n) is 4.37. The number of nitrogens with one attached hydrogen (secondary N) is 1. The van der Waals surface area contributed by atoms with Crippen molar-refractivity contribution in [2.45, 2.75) is 24.0 Å². The molecule has 1 rings (SSSR count). The number of nitrogens with zero attached hydrogens (tertiary/aromatic N) is 1. The largest absolute Gasteiger partial charge is 0.372 e. The first-order chi connectivity index (χ1) is 6.50. The predicted octanol–water partition coefficient (Wildman–Crippen LogP) is 1.31. The lowest BCUT2D eigenvalue weighted by molar-refractivity contribution is 0.587. The van der Waals surface area contributed by atoms with Crippen molar-refractivity contribution < 1.29 is 8.42 Å². The van der Waals surface area contributed by atoms with E-state index in [0.717, 1.165) is 0 Å². The summed E-state index contributed by atoms with van der Waals surface area (Å²) in [5.74, 6) is 0.404. The third-order valence-corrected chi connectivity index (χ3v) is 4.12. The third kappa shape index (κ3) is 1.87. The lowest BCUT2D eigenvalue weighted by atomic mass is 10.4. The van der Waals surface area contributed by atoms with Gasteiger partial charge in [0.15, 0.2) is 9.84 Å². The lowest BCUT2D eigenvalue weighted by Crippen LogP contribution is -2.16. The summed E-state index contributed by atoms with van der Waals surface area (Å²) in [7, 11) is -1.59. The second-order valence-corrected chi connectivity index (χ2v) is 5.67. The second kappa shape index (κ2) is 3.96. The third-order valence-electron chi connectivity index (χ3n) is 1.93. The van der Waals surface area contributed by atoms with Crippen molar-refractivity contribution in [3.8, 4) is 0 Å². The van der Waals surface area contributed by atoms with Crippen molar-refractivity contribution in [3.05, 3.63) is 18.3 Å². The van der Waals surface area contributed by atoms with Crippen molar-refractivity contribution >= 4 is 15.7 Å². The molecule has 0 bridgehead atoms. The Morgan fingerprint density at radius 2 is 2.07 bits per heavy atom. The molecule has 0 aliphatic rings. The maximum absolute atomic E-state index is 11.8. The molecular formula is C9H14N2O2S. The zero-order chi connectivity index (χ0) is 10.8. The minimum absolute atomic E-state index is 0.262. The molecule has 0 unspecified atom stereocenters. The minimum Gasteiger partial charge on any atom is -0.372 e. The molecule has 0 saturated heterocycles. The SMILES string of the molecule is CNc1ncccc1S(=O)(=O)C(C)C. The Balaban J connectivity index is 3.32. The van der Waals surface area contributed by atoms with Crippen LogP contribution in [0, 0.1) is 0 Å². The molecule has 4 nitrogen and oxygen atoms in total. The molecule has 0 fully saturated rings. The molecule has 0 radical (unpaired) electrons. The first-order valence-corrected chi connectivity index (χ1v) is 5.91. The number of rotatable bonds is 3. The summed E-state index contributed by atoms with van der Waals surface area (Å²) >= 11 is 0. The molecule has 78 valence electrons. The highest BCUT2D eigenvalue weighted by molar-refractivity contribution is 7.92. The van der Waals surface area contributed by atoms with E-state index in [0.29, 0.717) is 5.82 Å². The molecule has 1 aromatic rings. The average molecular weight is 214 g/mol. The van der Waals surface area contributed by atoms with Gasteiger partial charge in [0, 0.05) is 13.2 Å². The van der Waals surface area contributed by atoms with Crippen molar-refractivity contribution in [3.63, 3.8) is 0 Å². The molecule has 1 N–H and O–H groups in total. The van der Waals surface area contributed by atoms with Gasteiger partial charge in [-0.3, -0.25) is 0 Å². The number of pyridine rings is 1. The van der Waals surface area contributed by atoms with Gasteiger partial charge in [0.2, 0.25) is 0 Å². The normalized spacial score (nSPS) is 11.7. The summed E-state index contributed by atoms with van der Waals surface area (Å²) in [6, 6.07) is 3.18. The molecule has 0 amide bonds. The zero-order valence-electron chi connectivity index (χ0n) is 8.48. The fourth-order valence-corrected chi connectivity index (χ4v) is 2.26. The first kappa shape index (κ1) is 11.0. The van der Waals surface area contributed by atoms with Gasteiger partial charge < -0.3 is 5.32 Å². The van der Waals surface area contributed by atoms with E-state index in [2.05, 4.69) is 10.3 Å². The van der Waals surface area contributed by atoms with Crippen molar-refractivity contribution in [1.82, 2.24) is 4.98 Å².